The molecule has 1 saturated heterocycles. The van der Waals surface area contributed by atoms with Gasteiger partial charge in [-0.15, -0.1) is 0 Å². The van der Waals surface area contributed by atoms with Crippen LogP contribution in [-0.2, 0) is 23.0 Å². The van der Waals surface area contributed by atoms with Crippen LogP contribution in [0, 0.1) is 13.8 Å². The lowest BCUT2D eigenvalue weighted by molar-refractivity contribution is -0.138. The number of hydrogen-bond acceptors (Lipinski definition) is 5. The quantitative estimate of drug-likeness (QED) is 0.670. The van der Waals surface area contributed by atoms with Gasteiger partial charge < -0.3 is 14.6 Å². The molecule has 164 valence electrons. The molecule has 4 rings (SSSR count). The van der Waals surface area contributed by atoms with Crippen molar-refractivity contribution >= 4 is 16.7 Å². The van der Waals surface area contributed by atoms with Gasteiger partial charge in [-0.2, -0.15) is 13.2 Å². The Bertz CT molecular complexity index is 1200. The second-order valence-corrected chi connectivity index (χ2v) is 8.14. The van der Waals surface area contributed by atoms with Crippen molar-refractivity contribution in [1.29, 1.82) is 0 Å². The van der Waals surface area contributed by atoms with E-state index in [4.69, 9.17) is 4.74 Å². The molecule has 0 bridgehead atoms. The first-order chi connectivity index (χ1) is 14.6. The maximum Gasteiger partial charge on any atom is 0.416 e. The maximum atomic E-state index is 13.2. The summed E-state index contributed by atoms with van der Waals surface area (Å²) < 4.78 is 46.8. The number of fused-ring (bicyclic) bond motifs is 1. The van der Waals surface area contributed by atoms with Crippen molar-refractivity contribution in [2.45, 2.75) is 45.5 Å². The normalized spacial score (nSPS) is 19.2. The van der Waals surface area contributed by atoms with E-state index in [0.717, 1.165) is 6.07 Å². The highest BCUT2D eigenvalue weighted by molar-refractivity contribution is 5.88. The largest absolute Gasteiger partial charge is 0.416 e. The van der Waals surface area contributed by atoms with Gasteiger partial charge in [0.1, 0.15) is 11.6 Å². The van der Waals surface area contributed by atoms with Gasteiger partial charge >= 0.3 is 6.18 Å². The van der Waals surface area contributed by atoms with Crippen LogP contribution < -0.4 is 10.9 Å². The van der Waals surface area contributed by atoms with E-state index in [2.05, 4.69) is 15.3 Å². The second-order valence-electron chi connectivity index (χ2n) is 8.14. The summed E-state index contributed by atoms with van der Waals surface area (Å²) in [4.78, 5) is 21.5. The Morgan fingerprint density at radius 3 is 2.71 bits per heavy atom. The molecule has 2 aromatic heterocycles. The lowest BCUT2D eigenvalue weighted by Gasteiger charge is -2.25. The molecule has 0 saturated carbocycles. The first-order valence-electron chi connectivity index (χ1n) is 9.97. The summed E-state index contributed by atoms with van der Waals surface area (Å²) in [5, 5.41) is 3.78. The minimum atomic E-state index is -4.41. The highest BCUT2D eigenvalue weighted by atomic mass is 19.4. The van der Waals surface area contributed by atoms with Crippen molar-refractivity contribution < 1.29 is 17.9 Å². The summed E-state index contributed by atoms with van der Waals surface area (Å²) in [6.45, 7) is 6.28. The molecule has 1 aliphatic heterocycles. The number of anilines is 1. The van der Waals surface area contributed by atoms with Gasteiger partial charge in [0.25, 0.3) is 5.56 Å². The second kappa shape index (κ2) is 7.64. The third kappa shape index (κ3) is 4.01. The van der Waals surface area contributed by atoms with Crippen molar-refractivity contribution in [3.63, 3.8) is 0 Å². The molecule has 1 aliphatic rings. The monoisotopic (exact) mass is 432 g/mol. The van der Waals surface area contributed by atoms with Crippen LogP contribution in [0.25, 0.3) is 10.9 Å². The van der Waals surface area contributed by atoms with Gasteiger partial charge in [0.2, 0.25) is 0 Å². The van der Waals surface area contributed by atoms with E-state index in [9.17, 15) is 18.0 Å². The summed E-state index contributed by atoms with van der Waals surface area (Å²) in [6, 6.07) is 5.59. The number of halogens is 3. The van der Waals surface area contributed by atoms with Crippen LogP contribution in [0.1, 0.15) is 35.9 Å². The van der Waals surface area contributed by atoms with Gasteiger partial charge in [-0.3, -0.25) is 4.79 Å². The molecule has 0 amide bonds. The van der Waals surface area contributed by atoms with Gasteiger partial charge in [0, 0.05) is 25.4 Å². The van der Waals surface area contributed by atoms with Crippen LogP contribution in [0.2, 0.25) is 0 Å². The number of aromatic nitrogens is 3. The van der Waals surface area contributed by atoms with Gasteiger partial charge in [-0.05, 0) is 44.4 Å². The minimum Gasteiger partial charge on any atom is -0.379 e. The Kier molecular flexibility index (Phi) is 5.25. The number of hydrogen-bond donors (Lipinski definition) is 1. The molecule has 1 fully saturated rings. The highest BCUT2D eigenvalue weighted by Gasteiger charge is 2.33. The van der Waals surface area contributed by atoms with E-state index in [1.165, 1.54) is 19.1 Å². The van der Waals surface area contributed by atoms with Gasteiger partial charge in [-0.25, -0.2) is 9.97 Å². The molecule has 1 atom stereocenters. The van der Waals surface area contributed by atoms with Crippen molar-refractivity contribution in [3.8, 4) is 0 Å². The Labute approximate surface area is 177 Å². The number of aryl methyl sites for hydroxylation is 1. The van der Waals surface area contributed by atoms with Crippen LogP contribution >= 0.6 is 0 Å². The average Bonchev–Trinajstić information content (AvgIpc) is 3.12. The van der Waals surface area contributed by atoms with E-state index in [0.29, 0.717) is 47.7 Å². The number of alkyl halides is 3. The van der Waals surface area contributed by atoms with Crippen LogP contribution in [0.15, 0.2) is 35.3 Å². The molecule has 0 aliphatic carbocycles. The Hall–Kier alpha value is -2.94. The fourth-order valence-electron chi connectivity index (χ4n) is 3.98. The number of rotatable bonds is 4. The molecule has 6 nitrogen and oxygen atoms in total. The number of nitrogens with zero attached hydrogens (tertiary/aromatic N) is 3. The molecule has 0 spiro atoms. The van der Waals surface area contributed by atoms with Crippen LogP contribution in [0.5, 0.6) is 0 Å². The Balaban J connectivity index is 1.74. The molecule has 0 radical (unpaired) electrons. The first kappa shape index (κ1) is 21.3. The number of pyridine rings is 1. The zero-order valence-electron chi connectivity index (χ0n) is 17.5. The molecule has 31 heavy (non-hydrogen) atoms. The van der Waals surface area contributed by atoms with Crippen molar-refractivity contribution in [2.24, 2.45) is 0 Å². The summed E-state index contributed by atoms with van der Waals surface area (Å²) in [5.41, 5.74) is -0.129. The topological polar surface area (TPSA) is 69.0 Å². The standard InChI is InChI=1S/C22H23F3N4O2/c1-13-15(5-4-6-17(13)22(23,24)25)10-26-20-16-11-29(21(3)7-8-31-12-21)19(30)9-18(16)27-14(2)28-20/h4-6,9,11H,7-8,10,12H2,1-3H3,(H,26,27,28). The molecule has 1 N–H and O–H groups in total. The maximum absolute atomic E-state index is 13.2. The Morgan fingerprint density at radius 2 is 2.03 bits per heavy atom. The predicted octanol–water partition coefficient (Wildman–Crippen LogP) is 4.17. The molecule has 1 aromatic carbocycles. The fourth-order valence-corrected chi connectivity index (χ4v) is 3.98. The first-order valence-corrected chi connectivity index (χ1v) is 9.97. The zero-order valence-corrected chi connectivity index (χ0v) is 17.5. The zero-order chi connectivity index (χ0) is 22.4. The van der Waals surface area contributed by atoms with Gasteiger partial charge in [0.15, 0.2) is 0 Å². The minimum absolute atomic E-state index is 0.154. The predicted molar refractivity (Wildman–Crippen MR) is 111 cm³/mol. The number of benzene rings is 1. The summed E-state index contributed by atoms with van der Waals surface area (Å²) in [5.74, 6) is 0.930. The highest BCUT2D eigenvalue weighted by Crippen LogP contribution is 2.33. The van der Waals surface area contributed by atoms with E-state index in [1.807, 2.05) is 6.92 Å². The third-order valence-corrected chi connectivity index (χ3v) is 5.82. The fraction of sp³-hybridized carbons (Fsp3) is 0.409. The van der Waals surface area contributed by atoms with Crippen molar-refractivity contribution in [3.05, 3.63) is 63.3 Å². The van der Waals surface area contributed by atoms with E-state index in [1.54, 1.807) is 23.8 Å². The van der Waals surface area contributed by atoms with Crippen LogP contribution in [0.3, 0.4) is 0 Å². The van der Waals surface area contributed by atoms with E-state index >= 15 is 0 Å². The third-order valence-electron chi connectivity index (χ3n) is 5.82. The summed E-state index contributed by atoms with van der Waals surface area (Å²) in [7, 11) is 0. The van der Waals surface area contributed by atoms with E-state index < -0.39 is 17.3 Å². The SMILES string of the molecule is Cc1nc(NCc2cccc(C(F)(F)F)c2C)c2cn(C3(C)CCOC3)c(=O)cc2n1. The lowest BCUT2D eigenvalue weighted by Crippen LogP contribution is -2.38. The molecule has 3 heterocycles. The van der Waals surface area contributed by atoms with Crippen molar-refractivity contribution in [1.82, 2.24) is 14.5 Å². The molecule has 3 aromatic rings. The number of ether oxygens (including phenoxy) is 1. The van der Waals surface area contributed by atoms with Crippen molar-refractivity contribution in [2.75, 3.05) is 18.5 Å². The smallest absolute Gasteiger partial charge is 0.379 e. The van der Waals surface area contributed by atoms with Gasteiger partial charge in [0.05, 0.1) is 28.6 Å². The lowest BCUT2D eigenvalue weighted by atomic mass is 10.0. The molecular weight excluding hydrogens is 409 g/mol. The summed E-state index contributed by atoms with van der Waals surface area (Å²) >= 11 is 0. The number of nitrogens with one attached hydrogen (secondary N) is 1. The van der Waals surface area contributed by atoms with E-state index in [-0.39, 0.29) is 17.7 Å². The molecule has 1 unspecified atom stereocenters. The van der Waals surface area contributed by atoms with Crippen LogP contribution in [-0.4, -0.2) is 27.7 Å². The van der Waals surface area contributed by atoms with Crippen LogP contribution in [0.4, 0.5) is 19.0 Å². The Morgan fingerprint density at radius 1 is 1.26 bits per heavy atom. The average molecular weight is 432 g/mol. The summed E-state index contributed by atoms with van der Waals surface area (Å²) in [6.07, 6.45) is -1.99. The molecule has 9 heteroatoms. The van der Waals surface area contributed by atoms with Gasteiger partial charge in [-0.1, -0.05) is 12.1 Å². The molecular formula is C22H23F3N4O2.